The summed E-state index contributed by atoms with van der Waals surface area (Å²) < 4.78 is 2.29. The lowest BCUT2D eigenvalue weighted by atomic mass is 10.2. The molecule has 0 unspecified atom stereocenters. The van der Waals surface area contributed by atoms with Gasteiger partial charge < -0.3 is 20.3 Å². The Morgan fingerprint density at radius 2 is 1.89 bits per heavy atom. The monoisotopic (exact) mass is 261 g/mol. The maximum atomic E-state index is 8.66. The molecule has 4 heteroatoms. The molecule has 0 aliphatic heterocycles. The van der Waals surface area contributed by atoms with Gasteiger partial charge in [-0.25, -0.2) is 0 Å². The van der Waals surface area contributed by atoms with Crippen LogP contribution >= 0.6 is 0 Å². The van der Waals surface area contributed by atoms with Crippen LogP contribution in [0, 0.1) is 0 Å². The lowest BCUT2D eigenvalue weighted by Gasteiger charge is -2.04. The Hall–Kier alpha value is -1.36. The zero-order chi connectivity index (χ0) is 13.5. The fourth-order valence-corrected chi connectivity index (χ4v) is 2.33. The zero-order valence-corrected chi connectivity index (χ0v) is 11.5. The highest BCUT2D eigenvalue weighted by molar-refractivity contribution is 5.83. The molecule has 0 bridgehead atoms. The van der Waals surface area contributed by atoms with Crippen molar-refractivity contribution >= 4 is 10.9 Å². The van der Waals surface area contributed by atoms with Gasteiger partial charge in [0.2, 0.25) is 0 Å². The third-order valence-electron chi connectivity index (χ3n) is 3.29. The van der Waals surface area contributed by atoms with E-state index in [1.165, 1.54) is 16.5 Å². The summed E-state index contributed by atoms with van der Waals surface area (Å²) in [5.41, 5.74) is 2.65. The molecule has 1 aromatic heterocycles. The van der Waals surface area contributed by atoms with Crippen molar-refractivity contribution < 1.29 is 5.11 Å². The van der Waals surface area contributed by atoms with Gasteiger partial charge in [0.25, 0.3) is 0 Å². The van der Waals surface area contributed by atoms with Crippen molar-refractivity contribution in [3.63, 3.8) is 0 Å². The molecule has 3 N–H and O–H groups in total. The van der Waals surface area contributed by atoms with Crippen LogP contribution in [-0.4, -0.2) is 35.9 Å². The number of para-hydroxylation sites is 1. The van der Waals surface area contributed by atoms with Gasteiger partial charge in [-0.3, -0.25) is 0 Å². The minimum absolute atomic E-state index is 0.198. The molecule has 4 nitrogen and oxygen atoms in total. The first-order valence-corrected chi connectivity index (χ1v) is 6.96. The van der Waals surface area contributed by atoms with Crippen LogP contribution in [0.25, 0.3) is 10.9 Å². The van der Waals surface area contributed by atoms with E-state index in [2.05, 4.69) is 52.6 Å². The van der Waals surface area contributed by atoms with E-state index in [4.69, 9.17) is 5.11 Å². The van der Waals surface area contributed by atoms with Gasteiger partial charge in [0.05, 0.1) is 6.61 Å². The van der Waals surface area contributed by atoms with Crippen molar-refractivity contribution in [2.24, 2.45) is 0 Å². The summed E-state index contributed by atoms with van der Waals surface area (Å²) in [7, 11) is 0. The first kappa shape index (κ1) is 14.1. The number of aryl methyl sites for hydroxylation is 1. The Bertz CT molecular complexity index is 507. The molecule has 0 atom stereocenters. The molecular weight excluding hydrogens is 238 g/mol. The number of nitrogens with one attached hydrogen (secondary N) is 2. The van der Waals surface area contributed by atoms with E-state index in [0.717, 1.165) is 26.2 Å². The van der Waals surface area contributed by atoms with E-state index >= 15 is 0 Å². The molecule has 0 radical (unpaired) electrons. The number of hydrogen-bond acceptors (Lipinski definition) is 3. The Morgan fingerprint density at radius 3 is 2.68 bits per heavy atom. The van der Waals surface area contributed by atoms with Gasteiger partial charge >= 0.3 is 0 Å². The third kappa shape index (κ3) is 3.56. The van der Waals surface area contributed by atoms with E-state index in [9.17, 15) is 0 Å². The number of nitrogens with zero attached hydrogens (tertiary/aromatic N) is 1. The summed E-state index contributed by atoms with van der Waals surface area (Å²) in [6.07, 6.45) is 2.23. The number of hydrogen-bond donors (Lipinski definition) is 3. The smallest absolute Gasteiger partial charge is 0.0555 e. The van der Waals surface area contributed by atoms with E-state index in [0.29, 0.717) is 6.54 Å². The van der Waals surface area contributed by atoms with Crippen LogP contribution in [-0.2, 0) is 13.1 Å². The molecule has 0 spiro atoms. The molecule has 0 aliphatic carbocycles. The molecule has 0 fully saturated rings. The van der Waals surface area contributed by atoms with Crippen LogP contribution in [0.3, 0.4) is 0 Å². The lowest BCUT2D eigenvalue weighted by molar-refractivity contribution is 0.292. The topological polar surface area (TPSA) is 49.2 Å². The molecule has 0 aliphatic rings. The van der Waals surface area contributed by atoms with Crippen LogP contribution in [0.15, 0.2) is 30.5 Å². The highest BCUT2D eigenvalue weighted by atomic mass is 16.3. The number of aliphatic hydroxyl groups excluding tert-OH is 1. The quantitative estimate of drug-likeness (QED) is 0.628. The fourth-order valence-electron chi connectivity index (χ4n) is 2.33. The average Bonchev–Trinajstić information content (AvgIpc) is 2.81. The van der Waals surface area contributed by atoms with Crippen LogP contribution in [0.4, 0.5) is 0 Å². The summed E-state index contributed by atoms with van der Waals surface area (Å²) in [6, 6.07) is 8.53. The zero-order valence-electron chi connectivity index (χ0n) is 11.5. The standard InChI is InChI=1S/C15H23N3O/c1-2-18-12-13(11-17-8-7-16-9-10-19)14-5-3-4-6-15(14)18/h3-6,12,16-17,19H,2,7-11H2,1H3. The largest absolute Gasteiger partial charge is 0.395 e. The van der Waals surface area contributed by atoms with Gasteiger partial charge in [-0.15, -0.1) is 0 Å². The number of fused-ring (bicyclic) bond motifs is 1. The highest BCUT2D eigenvalue weighted by Gasteiger charge is 2.05. The summed E-state index contributed by atoms with van der Waals surface area (Å²) in [5.74, 6) is 0. The van der Waals surface area contributed by atoms with E-state index in [1.807, 2.05) is 0 Å². The van der Waals surface area contributed by atoms with E-state index in [1.54, 1.807) is 0 Å². The average molecular weight is 261 g/mol. The maximum absolute atomic E-state index is 8.66. The number of aromatic nitrogens is 1. The van der Waals surface area contributed by atoms with Crippen LogP contribution < -0.4 is 10.6 Å². The molecular formula is C15H23N3O. The van der Waals surface area contributed by atoms with E-state index in [-0.39, 0.29) is 6.61 Å². The minimum atomic E-state index is 0.198. The lowest BCUT2D eigenvalue weighted by Crippen LogP contribution is -2.28. The second kappa shape index (κ2) is 7.28. The summed E-state index contributed by atoms with van der Waals surface area (Å²) in [5, 5.41) is 16.6. The van der Waals surface area contributed by atoms with Crippen molar-refractivity contribution in [1.29, 1.82) is 0 Å². The van der Waals surface area contributed by atoms with Gasteiger partial charge in [0.1, 0.15) is 0 Å². The van der Waals surface area contributed by atoms with Gasteiger partial charge in [0, 0.05) is 49.8 Å². The number of aliphatic hydroxyl groups is 1. The second-order valence-corrected chi connectivity index (χ2v) is 4.61. The van der Waals surface area contributed by atoms with Crippen molar-refractivity contribution in [2.75, 3.05) is 26.2 Å². The Balaban J connectivity index is 1.93. The fraction of sp³-hybridized carbons (Fsp3) is 0.467. The second-order valence-electron chi connectivity index (χ2n) is 4.61. The molecule has 19 heavy (non-hydrogen) atoms. The SMILES string of the molecule is CCn1cc(CNCCNCCO)c2ccccc21. The Labute approximate surface area is 114 Å². The molecule has 0 amide bonds. The van der Waals surface area contributed by atoms with Crippen molar-refractivity contribution in [2.45, 2.75) is 20.0 Å². The normalized spacial score (nSPS) is 11.3. The van der Waals surface area contributed by atoms with Crippen molar-refractivity contribution in [3.8, 4) is 0 Å². The molecule has 0 saturated heterocycles. The predicted octanol–water partition coefficient (Wildman–Crippen LogP) is 1.33. The first-order chi connectivity index (χ1) is 9.36. The van der Waals surface area contributed by atoms with E-state index < -0.39 is 0 Å². The van der Waals surface area contributed by atoms with Gasteiger partial charge in [-0.05, 0) is 18.6 Å². The molecule has 0 saturated carbocycles. The van der Waals surface area contributed by atoms with Crippen LogP contribution in [0.1, 0.15) is 12.5 Å². The van der Waals surface area contributed by atoms with Crippen molar-refractivity contribution in [1.82, 2.24) is 15.2 Å². The summed E-state index contributed by atoms with van der Waals surface area (Å²) >= 11 is 0. The minimum Gasteiger partial charge on any atom is -0.395 e. The summed E-state index contributed by atoms with van der Waals surface area (Å²) in [4.78, 5) is 0. The molecule has 104 valence electrons. The molecule has 2 rings (SSSR count). The molecule has 1 heterocycles. The summed E-state index contributed by atoms with van der Waals surface area (Å²) in [6.45, 7) is 6.70. The predicted molar refractivity (Wildman–Crippen MR) is 79.3 cm³/mol. The maximum Gasteiger partial charge on any atom is 0.0555 e. The van der Waals surface area contributed by atoms with Crippen molar-refractivity contribution in [3.05, 3.63) is 36.0 Å². The molecule has 1 aromatic carbocycles. The molecule has 2 aromatic rings. The number of benzene rings is 1. The first-order valence-electron chi connectivity index (χ1n) is 6.96. The Kier molecular flexibility index (Phi) is 5.39. The number of rotatable bonds is 8. The Morgan fingerprint density at radius 1 is 1.11 bits per heavy atom. The van der Waals surface area contributed by atoms with Gasteiger partial charge in [-0.1, -0.05) is 18.2 Å². The van der Waals surface area contributed by atoms with Gasteiger partial charge in [-0.2, -0.15) is 0 Å². The van der Waals surface area contributed by atoms with Crippen LogP contribution in [0.2, 0.25) is 0 Å². The highest BCUT2D eigenvalue weighted by Crippen LogP contribution is 2.20. The van der Waals surface area contributed by atoms with Crippen LogP contribution in [0.5, 0.6) is 0 Å². The third-order valence-corrected chi connectivity index (χ3v) is 3.29. The van der Waals surface area contributed by atoms with Gasteiger partial charge in [0.15, 0.2) is 0 Å².